The van der Waals surface area contributed by atoms with Crippen molar-refractivity contribution < 1.29 is 33.5 Å². The Balaban J connectivity index is 1.55. The number of ether oxygens (including phenoxy) is 3. The zero-order chi connectivity index (χ0) is 32.5. The average molecular weight is 635 g/mol. The van der Waals surface area contributed by atoms with Crippen LogP contribution in [-0.2, 0) is 16.1 Å². The molecule has 0 radical (unpaired) electrons. The number of thioether (sulfide) groups is 1. The lowest BCUT2D eigenvalue weighted by Crippen LogP contribution is -2.25. The van der Waals surface area contributed by atoms with Crippen molar-refractivity contribution in [2.45, 2.75) is 25.5 Å². The molecule has 1 heterocycles. The molecule has 0 saturated heterocycles. The summed E-state index contributed by atoms with van der Waals surface area (Å²) in [7, 11) is 3.01. The van der Waals surface area contributed by atoms with Gasteiger partial charge in [0, 0.05) is 28.9 Å². The number of benzene rings is 3. The van der Waals surface area contributed by atoms with Crippen molar-refractivity contribution in [3.05, 3.63) is 93.3 Å². The molecule has 15 heteroatoms. The highest BCUT2D eigenvalue weighted by Crippen LogP contribution is 2.32. The van der Waals surface area contributed by atoms with Gasteiger partial charge in [-0.1, -0.05) is 17.8 Å². The van der Waals surface area contributed by atoms with Gasteiger partial charge in [-0.15, -0.1) is 10.2 Å². The summed E-state index contributed by atoms with van der Waals surface area (Å²) in [4.78, 5) is 48.5. The molecule has 0 unspecified atom stereocenters. The van der Waals surface area contributed by atoms with Gasteiger partial charge in [-0.05, 0) is 56.3 Å². The second-order valence-electron chi connectivity index (χ2n) is 9.35. The standard InChI is InChI=1S/C30H30N6O8S/c1-5-44-29(39)19-8-10-21(11-9-19)32-27(37)17-45-30-34-33-26(35(30)24-15-22(42-3)12-13-25(24)43-4)16-31-28(38)20-7-6-18(2)23(14-20)36(40)41/h6-15H,5,16-17H2,1-4H3,(H,31,38)(H,32,37). The van der Waals surface area contributed by atoms with Crippen LogP contribution in [0.4, 0.5) is 11.4 Å². The zero-order valence-corrected chi connectivity index (χ0v) is 25.7. The van der Waals surface area contributed by atoms with Gasteiger partial charge in [-0.2, -0.15) is 0 Å². The van der Waals surface area contributed by atoms with Crippen molar-refractivity contribution in [2.75, 3.05) is 31.9 Å². The van der Waals surface area contributed by atoms with Crippen LogP contribution in [0.25, 0.3) is 5.69 Å². The first-order valence-corrected chi connectivity index (χ1v) is 14.5. The van der Waals surface area contributed by atoms with E-state index in [9.17, 15) is 24.5 Å². The fourth-order valence-corrected chi connectivity index (χ4v) is 4.93. The van der Waals surface area contributed by atoms with Crippen LogP contribution in [0.15, 0.2) is 65.8 Å². The number of amides is 2. The van der Waals surface area contributed by atoms with Gasteiger partial charge in [-0.3, -0.25) is 24.3 Å². The van der Waals surface area contributed by atoms with Gasteiger partial charge in [0.2, 0.25) is 5.91 Å². The van der Waals surface area contributed by atoms with E-state index in [1.165, 1.54) is 32.4 Å². The Labute approximate surface area is 262 Å². The number of anilines is 1. The molecule has 0 aliphatic heterocycles. The fraction of sp³-hybridized carbons (Fsp3) is 0.233. The Hall–Kier alpha value is -5.44. The molecule has 14 nitrogen and oxygen atoms in total. The molecule has 4 aromatic rings. The van der Waals surface area contributed by atoms with Crippen molar-refractivity contribution in [3.63, 3.8) is 0 Å². The number of nitrogens with zero attached hydrogens (tertiary/aromatic N) is 4. The molecule has 4 rings (SSSR count). The van der Waals surface area contributed by atoms with Crippen LogP contribution in [0.3, 0.4) is 0 Å². The van der Waals surface area contributed by atoms with Gasteiger partial charge < -0.3 is 24.8 Å². The number of nitrogens with one attached hydrogen (secondary N) is 2. The molecule has 0 spiro atoms. The molecule has 1 aromatic heterocycles. The third kappa shape index (κ3) is 7.94. The number of aryl methyl sites for hydroxylation is 1. The lowest BCUT2D eigenvalue weighted by atomic mass is 10.1. The Morgan fingerprint density at radius 3 is 2.38 bits per heavy atom. The van der Waals surface area contributed by atoms with E-state index in [4.69, 9.17) is 14.2 Å². The first-order chi connectivity index (χ1) is 21.6. The van der Waals surface area contributed by atoms with Crippen LogP contribution in [0.2, 0.25) is 0 Å². The summed E-state index contributed by atoms with van der Waals surface area (Å²) < 4.78 is 17.6. The fourth-order valence-electron chi connectivity index (χ4n) is 4.16. The number of carbonyl (C=O) groups is 3. The van der Waals surface area contributed by atoms with Crippen molar-refractivity contribution in [2.24, 2.45) is 0 Å². The van der Waals surface area contributed by atoms with Gasteiger partial charge in [-0.25, -0.2) is 4.79 Å². The molecule has 3 aromatic carbocycles. The topological polar surface area (TPSA) is 177 Å². The van der Waals surface area contributed by atoms with E-state index in [-0.39, 0.29) is 36.1 Å². The lowest BCUT2D eigenvalue weighted by Gasteiger charge is -2.15. The molecule has 2 amide bonds. The molecule has 234 valence electrons. The maximum atomic E-state index is 12.9. The molecular formula is C30H30N6O8S. The van der Waals surface area contributed by atoms with Crippen molar-refractivity contribution >= 4 is 40.9 Å². The number of hydrogen-bond acceptors (Lipinski definition) is 11. The number of nitro benzene ring substituents is 1. The highest BCUT2D eigenvalue weighted by atomic mass is 32.2. The van der Waals surface area contributed by atoms with E-state index in [0.717, 1.165) is 11.8 Å². The SMILES string of the molecule is CCOC(=O)c1ccc(NC(=O)CSc2nnc(CNC(=O)c3ccc(C)c([N+](=O)[O-])c3)n2-c2cc(OC)ccc2OC)cc1. The minimum absolute atomic E-state index is 0.0521. The summed E-state index contributed by atoms with van der Waals surface area (Å²) in [5.74, 6) is -0.130. The summed E-state index contributed by atoms with van der Waals surface area (Å²) >= 11 is 1.09. The second-order valence-corrected chi connectivity index (χ2v) is 10.3. The monoisotopic (exact) mass is 634 g/mol. The highest BCUT2D eigenvalue weighted by molar-refractivity contribution is 7.99. The van der Waals surface area contributed by atoms with Gasteiger partial charge in [0.1, 0.15) is 11.5 Å². The van der Waals surface area contributed by atoms with E-state index < -0.39 is 16.8 Å². The maximum Gasteiger partial charge on any atom is 0.338 e. The van der Waals surface area contributed by atoms with Crippen LogP contribution in [0.5, 0.6) is 11.5 Å². The van der Waals surface area contributed by atoms with Crippen LogP contribution in [-0.4, -0.2) is 64.1 Å². The lowest BCUT2D eigenvalue weighted by molar-refractivity contribution is -0.385. The summed E-state index contributed by atoms with van der Waals surface area (Å²) in [6, 6.07) is 15.6. The van der Waals surface area contributed by atoms with E-state index >= 15 is 0 Å². The van der Waals surface area contributed by atoms with E-state index in [0.29, 0.717) is 45.0 Å². The minimum atomic E-state index is -0.548. The van der Waals surface area contributed by atoms with E-state index in [2.05, 4.69) is 20.8 Å². The number of carbonyl (C=O) groups excluding carboxylic acids is 3. The summed E-state index contributed by atoms with van der Waals surface area (Å²) in [5.41, 5.74) is 1.72. The molecule has 2 N–H and O–H groups in total. The first-order valence-electron chi connectivity index (χ1n) is 13.5. The van der Waals surface area contributed by atoms with Crippen LogP contribution in [0, 0.1) is 17.0 Å². The zero-order valence-electron chi connectivity index (χ0n) is 24.9. The number of rotatable bonds is 13. The molecule has 0 bridgehead atoms. The Bertz CT molecular complexity index is 1720. The number of methoxy groups -OCH3 is 2. The van der Waals surface area contributed by atoms with Crippen molar-refractivity contribution in [1.29, 1.82) is 0 Å². The number of aromatic nitrogens is 3. The maximum absolute atomic E-state index is 12.9. The number of esters is 1. The highest BCUT2D eigenvalue weighted by Gasteiger charge is 2.21. The number of nitro groups is 1. The Kier molecular flexibility index (Phi) is 10.7. The van der Waals surface area contributed by atoms with E-state index in [1.54, 1.807) is 60.9 Å². The van der Waals surface area contributed by atoms with Crippen molar-refractivity contribution in [1.82, 2.24) is 20.1 Å². The first kappa shape index (κ1) is 32.5. The molecule has 45 heavy (non-hydrogen) atoms. The third-order valence-corrected chi connectivity index (χ3v) is 7.34. The van der Waals surface area contributed by atoms with Crippen LogP contribution >= 0.6 is 11.8 Å². The predicted octanol–water partition coefficient (Wildman–Crippen LogP) is 4.34. The van der Waals surface area contributed by atoms with Crippen molar-refractivity contribution in [3.8, 4) is 17.2 Å². The normalized spacial score (nSPS) is 10.6. The molecule has 0 atom stereocenters. The predicted molar refractivity (Wildman–Crippen MR) is 165 cm³/mol. The van der Waals surface area contributed by atoms with Crippen LogP contribution < -0.4 is 20.1 Å². The molecule has 0 saturated carbocycles. The molecular weight excluding hydrogens is 604 g/mol. The number of hydrogen-bond donors (Lipinski definition) is 2. The van der Waals surface area contributed by atoms with Gasteiger partial charge in [0.05, 0.1) is 49.3 Å². The largest absolute Gasteiger partial charge is 0.497 e. The smallest absolute Gasteiger partial charge is 0.338 e. The molecule has 0 fully saturated rings. The van der Waals surface area contributed by atoms with Gasteiger partial charge in [0.15, 0.2) is 11.0 Å². The Morgan fingerprint density at radius 2 is 1.71 bits per heavy atom. The molecule has 0 aliphatic rings. The third-order valence-electron chi connectivity index (χ3n) is 6.41. The quantitative estimate of drug-likeness (QED) is 0.0926. The minimum Gasteiger partial charge on any atom is -0.497 e. The Morgan fingerprint density at radius 1 is 0.978 bits per heavy atom. The van der Waals surface area contributed by atoms with E-state index in [1.807, 2.05) is 0 Å². The molecule has 0 aliphatic carbocycles. The van der Waals surface area contributed by atoms with Gasteiger partial charge >= 0.3 is 5.97 Å². The summed E-state index contributed by atoms with van der Waals surface area (Å²) in [5, 5.41) is 25.7. The summed E-state index contributed by atoms with van der Waals surface area (Å²) in [6.45, 7) is 3.46. The second kappa shape index (κ2) is 14.8. The summed E-state index contributed by atoms with van der Waals surface area (Å²) in [6.07, 6.45) is 0. The van der Waals surface area contributed by atoms with Gasteiger partial charge in [0.25, 0.3) is 11.6 Å². The average Bonchev–Trinajstić information content (AvgIpc) is 3.45. The van der Waals surface area contributed by atoms with Crippen LogP contribution in [0.1, 0.15) is 39.0 Å².